The monoisotopic (exact) mass is 407 g/mol. The number of carbonyl (C=O) groups excluding carboxylic acids is 1. The Labute approximate surface area is 167 Å². The average molecular weight is 407 g/mol. The molecular weight excluding hydrogens is 381 g/mol. The number of morpholine rings is 1. The minimum atomic E-state index is -0.620. The normalized spacial score (nSPS) is 23.5. The van der Waals surface area contributed by atoms with Gasteiger partial charge in [-0.1, -0.05) is 5.16 Å². The maximum absolute atomic E-state index is 15.4. The van der Waals surface area contributed by atoms with E-state index < -0.39 is 11.7 Å². The highest BCUT2D eigenvalue weighted by Crippen LogP contribution is 2.35. The van der Waals surface area contributed by atoms with Crippen molar-refractivity contribution in [3.8, 4) is 0 Å². The predicted molar refractivity (Wildman–Crippen MR) is 103 cm³/mol. The quantitative estimate of drug-likeness (QED) is 0.800. The van der Waals surface area contributed by atoms with Crippen LogP contribution >= 0.6 is 0 Å². The van der Waals surface area contributed by atoms with E-state index in [0.717, 1.165) is 12.8 Å². The molecule has 0 radical (unpaired) electrons. The number of nitrogens with zero attached hydrogens (tertiary/aromatic N) is 2. The SMILES string of the molecule is C[C@@H]1CN(c2c(CO)cc3c(C(=O)NC4CCOCC4)noc3c2F)C[C@H](C)O1. The fourth-order valence-electron chi connectivity index (χ4n) is 4.16. The fourth-order valence-corrected chi connectivity index (χ4v) is 4.16. The molecular formula is C20H26FN3O5. The Bertz CT molecular complexity index is 886. The number of aliphatic hydroxyl groups excluding tert-OH is 1. The van der Waals surface area contributed by atoms with Crippen molar-refractivity contribution in [3.05, 3.63) is 23.1 Å². The Hall–Kier alpha value is -2.23. The molecule has 3 heterocycles. The van der Waals surface area contributed by atoms with E-state index in [1.165, 1.54) is 0 Å². The van der Waals surface area contributed by atoms with E-state index in [0.29, 0.717) is 31.9 Å². The van der Waals surface area contributed by atoms with E-state index in [4.69, 9.17) is 14.0 Å². The molecule has 1 amide bonds. The Morgan fingerprint density at radius 2 is 2.00 bits per heavy atom. The molecule has 2 fully saturated rings. The van der Waals surface area contributed by atoms with Crippen LogP contribution in [-0.4, -0.2) is 60.7 Å². The van der Waals surface area contributed by atoms with Crippen molar-refractivity contribution in [2.45, 2.75) is 51.5 Å². The third-order valence-corrected chi connectivity index (χ3v) is 5.44. The molecule has 1 aromatic carbocycles. The van der Waals surface area contributed by atoms with Crippen LogP contribution in [0.3, 0.4) is 0 Å². The van der Waals surface area contributed by atoms with Gasteiger partial charge in [0.15, 0.2) is 11.5 Å². The summed E-state index contributed by atoms with van der Waals surface area (Å²) in [5, 5.41) is 16.9. The second-order valence-corrected chi connectivity index (χ2v) is 7.79. The zero-order chi connectivity index (χ0) is 20.5. The summed E-state index contributed by atoms with van der Waals surface area (Å²) in [7, 11) is 0. The highest BCUT2D eigenvalue weighted by atomic mass is 19.1. The summed E-state index contributed by atoms with van der Waals surface area (Å²) in [5.74, 6) is -1.04. The van der Waals surface area contributed by atoms with Gasteiger partial charge in [0.1, 0.15) is 0 Å². The minimum Gasteiger partial charge on any atom is -0.392 e. The van der Waals surface area contributed by atoms with E-state index in [9.17, 15) is 9.90 Å². The molecule has 4 rings (SSSR count). The van der Waals surface area contributed by atoms with Crippen molar-refractivity contribution in [1.29, 1.82) is 0 Å². The Morgan fingerprint density at radius 3 is 2.66 bits per heavy atom. The lowest BCUT2D eigenvalue weighted by molar-refractivity contribution is -0.00550. The lowest BCUT2D eigenvalue weighted by Gasteiger charge is -2.37. The Morgan fingerprint density at radius 1 is 1.31 bits per heavy atom. The zero-order valence-corrected chi connectivity index (χ0v) is 16.6. The van der Waals surface area contributed by atoms with Crippen molar-refractivity contribution in [2.24, 2.45) is 0 Å². The number of nitrogens with one attached hydrogen (secondary N) is 1. The zero-order valence-electron chi connectivity index (χ0n) is 16.6. The molecule has 0 aliphatic carbocycles. The van der Waals surface area contributed by atoms with Crippen LogP contribution in [0.1, 0.15) is 42.7 Å². The van der Waals surface area contributed by atoms with Gasteiger partial charge in [0, 0.05) is 37.9 Å². The number of aromatic nitrogens is 1. The van der Waals surface area contributed by atoms with Crippen LogP contribution in [0.15, 0.2) is 10.6 Å². The van der Waals surface area contributed by atoms with Crippen molar-refractivity contribution in [2.75, 3.05) is 31.2 Å². The van der Waals surface area contributed by atoms with E-state index >= 15 is 4.39 Å². The summed E-state index contributed by atoms with van der Waals surface area (Å²) >= 11 is 0. The largest absolute Gasteiger partial charge is 0.392 e. The summed E-state index contributed by atoms with van der Waals surface area (Å²) < 4.78 is 31.7. The molecule has 9 heteroatoms. The molecule has 158 valence electrons. The van der Waals surface area contributed by atoms with E-state index in [1.54, 1.807) is 6.07 Å². The maximum atomic E-state index is 15.4. The first-order valence-corrected chi connectivity index (χ1v) is 9.98. The number of amides is 1. The molecule has 0 spiro atoms. The minimum absolute atomic E-state index is 0.0132. The van der Waals surface area contributed by atoms with Crippen molar-refractivity contribution in [1.82, 2.24) is 10.5 Å². The van der Waals surface area contributed by atoms with E-state index in [-0.39, 0.29) is 47.2 Å². The molecule has 2 aromatic rings. The third-order valence-electron chi connectivity index (χ3n) is 5.44. The lowest BCUT2D eigenvalue weighted by atomic mass is 10.0. The standard InChI is InChI=1S/C20H26FN3O5/c1-11-8-24(9-12(2)28-11)18-13(10-25)7-15-17(23-29-19(15)16(18)21)20(26)22-14-3-5-27-6-4-14/h7,11-12,14,25H,3-6,8-10H2,1-2H3,(H,22,26)/t11-,12+. The number of halogens is 1. The second-order valence-electron chi connectivity index (χ2n) is 7.79. The molecule has 2 aliphatic heterocycles. The van der Waals surface area contributed by atoms with E-state index in [2.05, 4.69) is 10.5 Å². The topological polar surface area (TPSA) is 97.1 Å². The molecule has 29 heavy (non-hydrogen) atoms. The molecule has 0 saturated carbocycles. The molecule has 2 aliphatic rings. The summed E-state index contributed by atoms with van der Waals surface area (Å²) in [6.07, 6.45) is 1.29. The van der Waals surface area contributed by atoms with Crippen LogP contribution in [0.4, 0.5) is 10.1 Å². The van der Waals surface area contributed by atoms with Gasteiger partial charge < -0.3 is 29.3 Å². The van der Waals surface area contributed by atoms with Crippen molar-refractivity contribution >= 4 is 22.6 Å². The van der Waals surface area contributed by atoms with Gasteiger partial charge in [-0.05, 0) is 32.8 Å². The number of benzene rings is 1. The first-order valence-electron chi connectivity index (χ1n) is 9.98. The highest BCUT2D eigenvalue weighted by Gasteiger charge is 2.30. The van der Waals surface area contributed by atoms with Crippen LogP contribution in [0.2, 0.25) is 0 Å². The van der Waals surface area contributed by atoms with Gasteiger partial charge in [0.2, 0.25) is 5.58 Å². The summed E-state index contributed by atoms with van der Waals surface area (Å²) in [6, 6.07) is 1.58. The van der Waals surface area contributed by atoms with Crippen LogP contribution < -0.4 is 10.2 Å². The molecule has 2 atom stereocenters. The fraction of sp³-hybridized carbons (Fsp3) is 0.600. The number of ether oxygens (including phenoxy) is 2. The smallest absolute Gasteiger partial charge is 0.274 e. The second kappa shape index (κ2) is 8.25. The Balaban J connectivity index is 1.68. The molecule has 0 bridgehead atoms. The molecule has 1 aromatic heterocycles. The summed E-state index contributed by atoms with van der Waals surface area (Å²) in [5.41, 5.74) is 0.602. The van der Waals surface area contributed by atoms with Crippen molar-refractivity contribution in [3.63, 3.8) is 0 Å². The average Bonchev–Trinajstić information content (AvgIpc) is 3.12. The Kier molecular flexibility index (Phi) is 5.71. The van der Waals surface area contributed by atoms with Gasteiger partial charge in [0.25, 0.3) is 5.91 Å². The predicted octanol–water partition coefficient (Wildman–Crippen LogP) is 1.98. The maximum Gasteiger partial charge on any atom is 0.274 e. The number of hydrogen-bond donors (Lipinski definition) is 2. The molecule has 2 saturated heterocycles. The molecule has 0 unspecified atom stereocenters. The van der Waals surface area contributed by atoms with Crippen LogP contribution in [0, 0.1) is 5.82 Å². The van der Waals surface area contributed by atoms with Gasteiger partial charge in [-0.25, -0.2) is 4.39 Å². The first kappa shape index (κ1) is 20.1. The van der Waals surface area contributed by atoms with Crippen LogP contribution in [-0.2, 0) is 16.1 Å². The first-order chi connectivity index (χ1) is 14.0. The highest BCUT2D eigenvalue weighted by molar-refractivity contribution is 6.05. The number of hydrogen-bond acceptors (Lipinski definition) is 7. The van der Waals surface area contributed by atoms with E-state index in [1.807, 2.05) is 18.7 Å². The number of carbonyl (C=O) groups is 1. The van der Waals surface area contributed by atoms with Crippen LogP contribution in [0.25, 0.3) is 11.0 Å². The number of rotatable bonds is 4. The molecule has 8 nitrogen and oxygen atoms in total. The van der Waals surface area contributed by atoms with Gasteiger partial charge in [-0.3, -0.25) is 4.79 Å². The van der Waals surface area contributed by atoms with Gasteiger partial charge in [-0.15, -0.1) is 0 Å². The van der Waals surface area contributed by atoms with Crippen molar-refractivity contribution < 1.29 is 28.3 Å². The number of fused-ring (bicyclic) bond motifs is 1. The third kappa shape index (κ3) is 3.94. The summed E-state index contributed by atoms with van der Waals surface area (Å²) in [6.45, 7) is 5.64. The van der Waals surface area contributed by atoms with Gasteiger partial charge in [-0.2, -0.15) is 0 Å². The molecule has 2 N–H and O–H groups in total. The number of aliphatic hydroxyl groups is 1. The van der Waals surface area contributed by atoms with Gasteiger partial charge >= 0.3 is 0 Å². The number of anilines is 1. The summed E-state index contributed by atoms with van der Waals surface area (Å²) in [4.78, 5) is 14.5. The van der Waals surface area contributed by atoms with Gasteiger partial charge in [0.05, 0.1) is 29.9 Å². The van der Waals surface area contributed by atoms with Crippen LogP contribution in [0.5, 0.6) is 0 Å². The lowest BCUT2D eigenvalue weighted by Crippen LogP contribution is -2.46.